The molecule has 0 saturated heterocycles. The summed E-state index contributed by atoms with van der Waals surface area (Å²) >= 11 is 0. The largest absolute Gasteiger partial charge is 0.478 e. The predicted molar refractivity (Wildman–Crippen MR) is 52.5 cm³/mol. The van der Waals surface area contributed by atoms with Crippen LogP contribution in [-0.2, 0) is 4.79 Å². The van der Waals surface area contributed by atoms with E-state index in [1.54, 1.807) is 19.1 Å². The molecule has 0 radical (unpaired) electrons. The molecule has 1 aromatic rings. The van der Waals surface area contributed by atoms with Crippen LogP contribution in [0.1, 0.15) is 16.7 Å². The highest BCUT2D eigenvalue weighted by molar-refractivity contribution is 5.85. The second-order valence-corrected chi connectivity index (χ2v) is 3.16. The second-order valence-electron chi connectivity index (χ2n) is 3.16. The number of rotatable bonds is 2. The van der Waals surface area contributed by atoms with Crippen LogP contribution in [0.3, 0.4) is 0 Å². The Morgan fingerprint density at radius 3 is 2.64 bits per heavy atom. The second kappa shape index (κ2) is 4.05. The SMILES string of the molecule is Cc1cc(C)c(F)c(/C=C/C(=O)O)c1. The van der Waals surface area contributed by atoms with Crippen LogP contribution in [0, 0.1) is 19.7 Å². The summed E-state index contributed by atoms with van der Waals surface area (Å²) < 4.78 is 13.4. The number of carboxylic acids is 1. The molecule has 14 heavy (non-hydrogen) atoms. The molecular weight excluding hydrogens is 183 g/mol. The van der Waals surface area contributed by atoms with Gasteiger partial charge in [-0.2, -0.15) is 0 Å². The minimum atomic E-state index is -1.08. The zero-order valence-corrected chi connectivity index (χ0v) is 8.04. The number of aliphatic carboxylic acids is 1. The quantitative estimate of drug-likeness (QED) is 0.734. The molecule has 1 rings (SSSR count). The third-order valence-corrected chi connectivity index (χ3v) is 1.83. The van der Waals surface area contributed by atoms with Crippen LogP contribution < -0.4 is 0 Å². The molecule has 0 aliphatic heterocycles. The van der Waals surface area contributed by atoms with Crippen molar-refractivity contribution in [1.82, 2.24) is 0 Å². The minimum Gasteiger partial charge on any atom is -0.478 e. The van der Waals surface area contributed by atoms with E-state index in [1.807, 2.05) is 6.92 Å². The Balaban J connectivity index is 3.14. The Bertz CT molecular complexity index is 395. The maximum atomic E-state index is 13.4. The van der Waals surface area contributed by atoms with Crippen LogP contribution in [0.2, 0.25) is 0 Å². The lowest BCUT2D eigenvalue weighted by molar-refractivity contribution is -0.131. The van der Waals surface area contributed by atoms with Gasteiger partial charge < -0.3 is 5.11 Å². The van der Waals surface area contributed by atoms with Crippen molar-refractivity contribution < 1.29 is 14.3 Å². The van der Waals surface area contributed by atoms with Gasteiger partial charge in [0.25, 0.3) is 0 Å². The Kier molecular flexibility index (Phi) is 3.02. The number of carboxylic acid groups (broad SMARTS) is 1. The minimum absolute atomic E-state index is 0.310. The highest BCUT2D eigenvalue weighted by atomic mass is 19.1. The normalized spacial score (nSPS) is 10.8. The highest BCUT2D eigenvalue weighted by Gasteiger charge is 2.03. The van der Waals surface area contributed by atoms with Gasteiger partial charge in [-0.05, 0) is 31.6 Å². The molecule has 0 saturated carbocycles. The van der Waals surface area contributed by atoms with Gasteiger partial charge in [-0.15, -0.1) is 0 Å². The van der Waals surface area contributed by atoms with Gasteiger partial charge in [0.1, 0.15) is 5.82 Å². The average molecular weight is 194 g/mol. The van der Waals surface area contributed by atoms with Crippen LogP contribution in [0.15, 0.2) is 18.2 Å². The van der Waals surface area contributed by atoms with E-state index in [1.165, 1.54) is 6.08 Å². The van der Waals surface area contributed by atoms with Crippen molar-refractivity contribution in [2.45, 2.75) is 13.8 Å². The molecule has 0 aromatic heterocycles. The molecule has 0 fully saturated rings. The summed E-state index contributed by atoms with van der Waals surface area (Å²) in [5.74, 6) is -1.45. The van der Waals surface area contributed by atoms with Gasteiger partial charge in [0.15, 0.2) is 0 Å². The Morgan fingerprint density at radius 2 is 2.07 bits per heavy atom. The zero-order valence-electron chi connectivity index (χ0n) is 8.04. The van der Waals surface area contributed by atoms with Gasteiger partial charge in [-0.1, -0.05) is 11.6 Å². The summed E-state index contributed by atoms with van der Waals surface area (Å²) in [4.78, 5) is 10.2. The summed E-state index contributed by atoms with van der Waals surface area (Å²) in [6.45, 7) is 3.49. The van der Waals surface area contributed by atoms with Crippen molar-refractivity contribution in [3.05, 3.63) is 40.7 Å². The van der Waals surface area contributed by atoms with Gasteiger partial charge in [0, 0.05) is 11.6 Å². The maximum Gasteiger partial charge on any atom is 0.328 e. The van der Waals surface area contributed by atoms with Gasteiger partial charge in [-0.25, -0.2) is 9.18 Å². The van der Waals surface area contributed by atoms with Crippen molar-refractivity contribution in [2.24, 2.45) is 0 Å². The smallest absolute Gasteiger partial charge is 0.328 e. The fraction of sp³-hybridized carbons (Fsp3) is 0.182. The standard InChI is InChI=1S/C11H11FO2/c1-7-5-8(2)11(12)9(6-7)3-4-10(13)14/h3-6H,1-2H3,(H,13,14)/b4-3+. The number of hydrogen-bond donors (Lipinski definition) is 1. The van der Waals surface area contributed by atoms with Crippen molar-refractivity contribution in [3.63, 3.8) is 0 Å². The lowest BCUT2D eigenvalue weighted by Crippen LogP contribution is -1.91. The number of benzene rings is 1. The number of halogens is 1. The molecule has 0 spiro atoms. The summed E-state index contributed by atoms with van der Waals surface area (Å²) in [5, 5.41) is 8.40. The Hall–Kier alpha value is -1.64. The van der Waals surface area contributed by atoms with E-state index in [0.29, 0.717) is 11.1 Å². The predicted octanol–water partition coefficient (Wildman–Crippen LogP) is 2.54. The third kappa shape index (κ3) is 2.42. The number of carbonyl (C=O) groups is 1. The molecule has 0 amide bonds. The summed E-state index contributed by atoms with van der Waals surface area (Å²) in [6, 6.07) is 3.33. The Labute approximate surface area is 81.7 Å². The lowest BCUT2D eigenvalue weighted by atomic mass is 10.1. The Morgan fingerprint density at radius 1 is 1.43 bits per heavy atom. The molecule has 1 N–H and O–H groups in total. The van der Waals surface area contributed by atoms with E-state index in [-0.39, 0.29) is 5.82 Å². The number of hydrogen-bond acceptors (Lipinski definition) is 1. The molecule has 1 aromatic carbocycles. The third-order valence-electron chi connectivity index (χ3n) is 1.83. The van der Waals surface area contributed by atoms with Crippen LogP contribution in [-0.4, -0.2) is 11.1 Å². The van der Waals surface area contributed by atoms with Crippen molar-refractivity contribution in [2.75, 3.05) is 0 Å². The molecule has 74 valence electrons. The van der Waals surface area contributed by atoms with Crippen LogP contribution >= 0.6 is 0 Å². The van der Waals surface area contributed by atoms with E-state index in [2.05, 4.69) is 0 Å². The van der Waals surface area contributed by atoms with Crippen molar-refractivity contribution in [3.8, 4) is 0 Å². The van der Waals surface area contributed by atoms with E-state index >= 15 is 0 Å². The van der Waals surface area contributed by atoms with E-state index in [9.17, 15) is 9.18 Å². The first-order chi connectivity index (χ1) is 6.50. The average Bonchev–Trinajstić information content (AvgIpc) is 2.08. The first-order valence-corrected chi connectivity index (χ1v) is 4.18. The molecular formula is C11H11FO2. The van der Waals surface area contributed by atoms with E-state index in [0.717, 1.165) is 11.6 Å². The van der Waals surface area contributed by atoms with Crippen molar-refractivity contribution >= 4 is 12.0 Å². The first-order valence-electron chi connectivity index (χ1n) is 4.18. The first kappa shape index (κ1) is 10.4. The molecule has 0 aliphatic carbocycles. The summed E-state index contributed by atoms with van der Waals surface area (Å²) in [6.07, 6.45) is 2.19. The van der Waals surface area contributed by atoms with E-state index in [4.69, 9.17) is 5.11 Å². The van der Waals surface area contributed by atoms with Crippen LogP contribution in [0.25, 0.3) is 6.08 Å². The molecule has 0 bridgehead atoms. The lowest BCUT2D eigenvalue weighted by Gasteiger charge is -2.02. The van der Waals surface area contributed by atoms with Gasteiger partial charge >= 0.3 is 5.97 Å². The monoisotopic (exact) mass is 194 g/mol. The summed E-state index contributed by atoms with van der Waals surface area (Å²) in [7, 11) is 0. The fourth-order valence-corrected chi connectivity index (χ4v) is 1.27. The number of aryl methyl sites for hydroxylation is 2. The molecule has 0 atom stereocenters. The molecule has 0 heterocycles. The molecule has 0 aliphatic rings. The van der Waals surface area contributed by atoms with Gasteiger partial charge in [0.2, 0.25) is 0 Å². The van der Waals surface area contributed by atoms with Crippen molar-refractivity contribution in [1.29, 1.82) is 0 Å². The fourth-order valence-electron chi connectivity index (χ4n) is 1.27. The maximum absolute atomic E-state index is 13.4. The molecule has 0 unspecified atom stereocenters. The molecule has 3 heteroatoms. The van der Waals surface area contributed by atoms with Gasteiger partial charge in [-0.3, -0.25) is 0 Å². The van der Waals surface area contributed by atoms with Gasteiger partial charge in [0.05, 0.1) is 0 Å². The summed E-state index contributed by atoms with van der Waals surface area (Å²) in [5.41, 5.74) is 1.74. The molecule has 2 nitrogen and oxygen atoms in total. The highest BCUT2D eigenvalue weighted by Crippen LogP contribution is 2.16. The topological polar surface area (TPSA) is 37.3 Å². The zero-order chi connectivity index (χ0) is 10.7. The van der Waals surface area contributed by atoms with Crippen LogP contribution in [0.5, 0.6) is 0 Å². The van der Waals surface area contributed by atoms with Crippen LogP contribution in [0.4, 0.5) is 4.39 Å². The van der Waals surface area contributed by atoms with E-state index < -0.39 is 5.97 Å².